The van der Waals surface area contributed by atoms with E-state index in [4.69, 9.17) is 0 Å². The van der Waals surface area contributed by atoms with Crippen molar-refractivity contribution in [2.24, 2.45) is 5.41 Å². The van der Waals surface area contributed by atoms with Crippen molar-refractivity contribution in [1.82, 2.24) is 0 Å². The lowest BCUT2D eigenvalue weighted by Gasteiger charge is -2.41. The van der Waals surface area contributed by atoms with Gasteiger partial charge in [0.2, 0.25) is 0 Å². The molecule has 0 spiro atoms. The molecule has 2 fully saturated rings. The molecule has 1 unspecified atom stereocenters. The van der Waals surface area contributed by atoms with Crippen LogP contribution in [0, 0.1) is 36.5 Å². The molecule has 12 heavy (non-hydrogen) atoms. The van der Waals surface area contributed by atoms with Crippen LogP contribution in [0.4, 0.5) is 0 Å². The Labute approximate surface area is 75.2 Å². The molecule has 0 aromatic rings. The van der Waals surface area contributed by atoms with Crippen LogP contribution in [-0.2, 0) is 0 Å². The van der Waals surface area contributed by atoms with Crippen LogP contribution in [0.25, 0.3) is 0 Å². The van der Waals surface area contributed by atoms with Crippen LogP contribution in [0.15, 0.2) is 0 Å². The Hall–Kier alpha value is -0.0400. The lowest BCUT2D eigenvalue weighted by molar-refractivity contribution is 0.0449. The summed E-state index contributed by atoms with van der Waals surface area (Å²) in [6.45, 7) is 4.27. The van der Waals surface area contributed by atoms with E-state index >= 15 is 0 Å². The predicted molar refractivity (Wildman–Crippen MR) is 48.4 cm³/mol. The zero-order valence-electron chi connectivity index (χ0n) is 7.67. The van der Waals surface area contributed by atoms with Crippen LogP contribution in [-0.4, -0.2) is 11.2 Å². The molecule has 1 N–H and O–H groups in total. The molecule has 0 saturated heterocycles. The summed E-state index contributed by atoms with van der Waals surface area (Å²) in [4.78, 5) is 0. The van der Waals surface area contributed by atoms with Crippen molar-refractivity contribution in [3.05, 3.63) is 31.1 Å². The quantitative estimate of drug-likeness (QED) is 0.578. The number of fused-ring (bicyclic) bond motifs is 1. The minimum absolute atomic E-state index is 0.0569. The van der Waals surface area contributed by atoms with Gasteiger partial charge in [-0.25, -0.2) is 0 Å². The first-order valence-corrected chi connectivity index (χ1v) is 4.54. The fourth-order valence-corrected chi connectivity index (χ4v) is 1.98. The molecule has 65 valence electrons. The van der Waals surface area contributed by atoms with Crippen LogP contribution >= 0.6 is 0 Å². The molecule has 1 atom stereocenters. The number of aliphatic hydroxyl groups excluding tert-OH is 1. The number of hydrogen-bond acceptors (Lipinski definition) is 1. The number of hydrogen-bond donors (Lipinski definition) is 1. The largest absolute Gasteiger partial charge is 0.392 e. The first-order valence-electron chi connectivity index (χ1n) is 4.54. The van der Waals surface area contributed by atoms with Gasteiger partial charge in [0.25, 0.3) is 0 Å². The zero-order chi connectivity index (χ0) is 8.77. The summed E-state index contributed by atoms with van der Waals surface area (Å²) in [6.07, 6.45) is 8.14. The van der Waals surface area contributed by atoms with Crippen LogP contribution < -0.4 is 0 Å². The molecule has 1 nitrogen and oxygen atoms in total. The summed E-state index contributed by atoms with van der Waals surface area (Å²) in [7, 11) is 0. The fraction of sp³-hybridized carbons (Fsp3) is 0.545. The third-order valence-corrected chi connectivity index (χ3v) is 3.02. The van der Waals surface area contributed by atoms with Gasteiger partial charge in [-0.2, -0.15) is 0 Å². The van der Waals surface area contributed by atoms with E-state index in [1.165, 1.54) is 5.92 Å². The maximum Gasteiger partial charge on any atom is 0.0662 e. The van der Waals surface area contributed by atoms with E-state index in [1.807, 2.05) is 12.8 Å². The Kier molecular flexibility index (Phi) is 1.95. The monoisotopic (exact) mass is 163 g/mol. The van der Waals surface area contributed by atoms with E-state index < -0.39 is 0 Å². The van der Waals surface area contributed by atoms with E-state index in [9.17, 15) is 5.11 Å². The van der Waals surface area contributed by atoms with Crippen molar-refractivity contribution >= 4 is 0 Å². The lowest BCUT2D eigenvalue weighted by atomic mass is 9.66. The molecule has 1 heteroatoms. The normalized spacial score (nSPS) is 36.8. The Morgan fingerprint density at radius 3 is 2.92 bits per heavy atom. The molecule has 2 saturated carbocycles. The van der Waals surface area contributed by atoms with Crippen LogP contribution in [0.3, 0.4) is 0 Å². The van der Waals surface area contributed by atoms with Gasteiger partial charge in [0.15, 0.2) is 0 Å². The van der Waals surface area contributed by atoms with Crippen LogP contribution in [0.2, 0.25) is 0 Å². The van der Waals surface area contributed by atoms with Crippen molar-refractivity contribution in [3.63, 3.8) is 0 Å². The third kappa shape index (κ3) is 1.19. The van der Waals surface area contributed by atoms with Gasteiger partial charge in [-0.3, -0.25) is 0 Å². The van der Waals surface area contributed by atoms with Gasteiger partial charge in [0.05, 0.1) is 6.10 Å². The Morgan fingerprint density at radius 2 is 2.17 bits per heavy atom. The van der Waals surface area contributed by atoms with Crippen LogP contribution in [0.5, 0.6) is 0 Å². The van der Waals surface area contributed by atoms with Gasteiger partial charge in [-0.05, 0) is 43.4 Å². The zero-order valence-corrected chi connectivity index (χ0v) is 7.67. The van der Waals surface area contributed by atoms with Crippen molar-refractivity contribution in [2.45, 2.75) is 32.8 Å². The van der Waals surface area contributed by atoms with E-state index in [0.29, 0.717) is 0 Å². The average molecular weight is 163 g/mol. The first-order chi connectivity index (χ1) is 5.61. The Morgan fingerprint density at radius 1 is 1.42 bits per heavy atom. The molecule has 0 aromatic carbocycles. The molecular formula is C11H15O. The summed E-state index contributed by atoms with van der Waals surface area (Å²) < 4.78 is 0. The molecule has 2 aliphatic carbocycles. The number of rotatable bonds is 0. The third-order valence-electron chi connectivity index (χ3n) is 3.02. The van der Waals surface area contributed by atoms with Gasteiger partial charge in [-0.1, -0.05) is 13.8 Å². The molecule has 0 aromatic heterocycles. The van der Waals surface area contributed by atoms with Gasteiger partial charge < -0.3 is 5.11 Å². The molecule has 5 radical (unpaired) electrons. The number of aliphatic hydroxyl groups is 1. The predicted octanol–water partition coefficient (Wildman–Crippen LogP) is 1.94. The highest BCUT2D eigenvalue weighted by atomic mass is 16.3. The van der Waals surface area contributed by atoms with E-state index in [0.717, 1.165) is 18.8 Å². The second-order valence-electron chi connectivity index (χ2n) is 4.40. The standard InChI is InChI=1S/C11H15O/c1-11(2)7-6-8-4-3-5-9(8)10(11)12/h3-5,10,12H,6-7H2,1-2H3. The average Bonchev–Trinajstić information content (AvgIpc) is 2.45. The SMILES string of the molecule is CC1(C)CC[C]2[CH][CH][CH][C]2C1O. The molecule has 0 aliphatic heterocycles. The van der Waals surface area contributed by atoms with Crippen molar-refractivity contribution in [3.8, 4) is 0 Å². The molecule has 0 bridgehead atoms. The van der Waals surface area contributed by atoms with E-state index in [1.54, 1.807) is 0 Å². The Balaban J connectivity index is 2.13. The maximum absolute atomic E-state index is 9.98. The summed E-state index contributed by atoms with van der Waals surface area (Å²) in [5.74, 6) is 2.48. The molecule has 2 rings (SSSR count). The minimum atomic E-state index is -0.267. The maximum atomic E-state index is 9.98. The Bertz CT molecular complexity index is 174. The van der Waals surface area contributed by atoms with Crippen molar-refractivity contribution in [1.29, 1.82) is 0 Å². The second kappa shape index (κ2) is 2.73. The van der Waals surface area contributed by atoms with Crippen molar-refractivity contribution < 1.29 is 5.11 Å². The topological polar surface area (TPSA) is 20.2 Å². The molecule has 0 heterocycles. The van der Waals surface area contributed by atoms with Gasteiger partial charge >= 0.3 is 0 Å². The molecular weight excluding hydrogens is 148 g/mol. The highest BCUT2D eigenvalue weighted by Gasteiger charge is 2.45. The van der Waals surface area contributed by atoms with E-state index in [2.05, 4.69) is 20.3 Å². The first kappa shape index (κ1) is 8.55. The van der Waals surface area contributed by atoms with E-state index in [-0.39, 0.29) is 11.5 Å². The second-order valence-corrected chi connectivity index (χ2v) is 4.40. The summed E-state index contributed by atoms with van der Waals surface area (Å²) >= 11 is 0. The van der Waals surface area contributed by atoms with Gasteiger partial charge in [-0.15, -0.1) is 0 Å². The molecule has 2 aliphatic rings. The van der Waals surface area contributed by atoms with Crippen molar-refractivity contribution in [2.75, 3.05) is 0 Å². The smallest absolute Gasteiger partial charge is 0.0662 e. The fourth-order valence-electron chi connectivity index (χ4n) is 1.98. The van der Waals surface area contributed by atoms with Crippen LogP contribution in [0.1, 0.15) is 26.7 Å². The summed E-state index contributed by atoms with van der Waals surface area (Å²) in [5.41, 5.74) is 0.0569. The summed E-state index contributed by atoms with van der Waals surface area (Å²) in [6, 6.07) is 0. The molecule has 0 amide bonds. The van der Waals surface area contributed by atoms with Gasteiger partial charge in [0.1, 0.15) is 0 Å². The highest BCUT2D eigenvalue weighted by Crippen LogP contribution is 2.50. The van der Waals surface area contributed by atoms with Gasteiger partial charge in [0, 0.05) is 5.92 Å². The highest BCUT2D eigenvalue weighted by molar-refractivity contribution is 5.48. The lowest BCUT2D eigenvalue weighted by Crippen LogP contribution is -2.40. The summed E-state index contributed by atoms with van der Waals surface area (Å²) in [5, 5.41) is 9.98. The minimum Gasteiger partial charge on any atom is -0.392 e.